The standard InChI is InChI=1S/C20H13BrClN5O/c1-11-7-14(10-24)8-12(2)17(11)28-19-16(21)18(22)26-20(27-19)25-15-5-3-13(9-23)4-6-15/h3-8H,1-2H3,(H,25,26,27)/i16+1,18+1,19+1. The van der Waals surface area contributed by atoms with E-state index >= 15 is 0 Å². The van der Waals surface area contributed by atoms with Gasteiger partial charge in [-0.1, -0.05) is 11.6 Å². The Labute approximate surface area is 175 Å². The van der Waals surface area contributed by atoms with Gasteiger partial charge in [-0.3, -0.25) is 0 Å². The number of aryl methyl sites for hydroxylation is 2. The number of rotatable bonds is 4. The van der Waals surface area contributed by atoms with Crippen LogP contribution in [-0.2, 0) is 0 Å². The number of anilines is 2. The Morgan fingerprint density at radius 1 is 1.00 bits per heavy atom. The average molecular weight is 458 g/mol. The van der Waals surface area contributed by atoms with E-state index in [1.807, 2.05) is 13.8 Å². The first kappa shape index (κ1) is 19.6. The highest BCUT2D eigenvalue weighted by Crippen LogP contribution is 2.36. The third-order valence-corrected chi connectivity index (χ3v) is 5.06. The zero-order valence-corrected chi connectivity index (χ0v) is 17.3. The molecule has 28 heavy (non-hydrogen) atoms. The van der Waals surface area contributed by atoms with Gasteiger partial charge in [0.05, 0.1) is 23.3 Å². The molecule has 0 fully saturated rings. The number of nitriles is 2. The summed E-state index contributed by atoms with van der Waals surface area (Å²) in [6.45, 7) is 3.71. The number of halogens is 2. The number of hydrogen-bond donors (Lipinski definition) is 1. The normalized spacial score (nSPS) is 10.1. The number of nitrogens with zero attached hydrogens (tertiary/aromatic N) is 4. The summed E-state index contributed by atoms with van der Waals surface area (Å²) >= 11 is 9.58. The number of hydrogen-bond acceptors (Lipinski definition) is 6. The fourth-order valence-corrected chi connectivity index (χ4v) is 2.97. The first-order valence-corrected chi connectivity index (χ1v) is 9.27. The molecule has 1 N–H and O–H groups in total. The highest BCUT2D eigenvalue weighted by Gasteiger charge is 2.16. The van der Waals surface area contributed by atoms with Gasteiger partial charge in [-0.25, -0.2) is 0 Å². The van der Waals surface area contributed by atoms with Crippen LogP contribution in [0.2, 0.25) is 5.15 Å². The van der Waals surface area contributed by atoms with Crippen LogP contribution in [0.3, 0.4) is 0 Å². The van der Waals surface area contributed by atoms with Crippen LogP contribution in [0, 0.1) is 36.5 Å². The molecule has 2 aromatic carbocycles. The third kappa shape index (κ3) is 4.23. The molecular formula is C20H13BrClN5O. The lowest BCUT2D eigenvalue weighted by molar-refractivity contribution is 0.452. The molecule has 0 amide bonds. The molecule has 138 valence electrons. The molecule has 0 aliphatic heterocycles. The van der Waals surface area contributed by atoms with Gasteiger partial charge >= 0.3 is 0 Å². The molecule has 6 nitrogen and oxygen atoms in total. The second-order valence-corrected chi connectivity index (χ2v) is 7.08. The monoisotopic (exact) mass is 456 g/mol. The molecule has 3 rings (SSSR count). The summed E-state index contributed by atoms with van der Waals surface area (Å²) in [5.41, 5.74) is 3.43. The number of aromatic nitrogens is 2. The van der Waals surface area contributed by atoms with Crippen molar-refractivity contribution < 1.29 is 4.74 Å². The van der Waals surface area contributed by atoms with Crippen molar-refractivity contribution >= 4 is 39.2 Å². The molecule has 1 aromatic heterocycles. The number of ether oxygens (including phenoxy) is 1. The van der Waals surface area contributed by atoms with Crippen LogP contribution in [0.5, 0.6) is 11.6 Å². The molecule has 0 aliphatic carbocycles. The van der Waals surface area contributed by atoms with Gasteiger partial charge in [0.1, 0.15) is 10.2 Å². The summed E-state index contributed by atoms with van der Waals surface area (Å²) in [7, 11) is 0. The molecule has 0 spiro atoms. The van der Waals surface area contributed by atoms with Gasteiger partial charge in [-0.15, -0.1) is 0 Å². The van der Waals surface area contributed by atoms with E-state index < -0.39 is 0 Å². The van der Waals surface area contributed by atoms with Crippen molar-refractivity contribution in [1.29, 1.82) is 10.5 Å². The molecule has 0 aliphatic rings. The minimum Gasteiger partial charge on any atom is -0.437 e. The zero-order chi connectivity index (χ0) is 20.3. The van der Waals surface area contributed by atoms with Gasteiger partial charge in [0.25, 0.3) is 0 Å². The molecule has 0 radical (unpaired) electrons. The second kappa shape index (κ2) is 8.26. The van der Waals surface area contributed by atoms with Gasteiger partial charge in [0.15, 0.2) is 5.15 Å². The summed E-state index contributed by atoms with van der Waals surface area (Å²) in [6.07, 6.45) is 0. The van der Waals surface area contributed by atoms with Crippen LogP contribution < -0.4 is 10.1 Å². The van der Waals surface area contributed by atoms with Crippen LogP contribution in [0.1, 0.15) is 22.3 Å². The maximum atomic E-state index is 9.09. The maximum absolute atomic E-state index is 9.09. The van der Waals surface area contributed by atoms with E-state index in [2.05, 4.69) is 43.4 Å². The Bertz CT molecular complexity index is 1110. The van der Waals surface area contributed by atoms with E-state index in [4.69, 9.17) is 26.9 Å². The summed E-state index contributed by atoms with van der Waals surface area (Å²) in [4.78, 5) is 8.58. The Morgan fingerprint density at radius 2 is 1.61 bits per heavy atom. The predicted octanol–water partition coefficient (Wildman–Crippen LogP) is 5.79. The van der Waals surface area contributed by atoms with Gasteiger partial charge in [-0.2, -0.15) is 20.5 Å². The average Bonchev–Trinajstić information content (AvgIpc) is 2.68. The van der Waals surface area contributed by atoms with Crippen molar-refractivity contribution in [1.82, 2.24) is 9.97 Å². The Kier molecular flexibility index (Phi) is 5.79. The van der Waals surface area contributed by atoms with Gasteiger partial charge in [-0.05, 0) is 77.3 Å². The molecule has 3 aromatic rings. The number of benzene rings is 2. The Balaban J connectivity index is 1.94. The molecular weight excluding hydrogens is 445 g/mol. The van der Waals surface area contributed by atoms with Crippen LogP contribution >= 0.6 is 27.5 Å². The first-order chi connectivity index (χ1) is 13.4. The van der Waals surface area contributed by atoms with Crippen LogP contribution in [0.25, 0.3) is 0 Å². The van der Waals surface area contributed by atoms with E-state index in [0.29, 0.717) is 27.0 Å². The fourth-order valence-electron chi connectivity index (χ4n) is 2.55. The van der Waals surface area contributed by atoms with Crippen molar-refractivity contribution in [2.75, 3.05) is 5.32 Å². The minimum atomic E-state index is 0.185. The molecule has 0 saturated heterocycles. The van der Waals surface area contributed by atoms with E-state index in [1.54, 1.807) is 36.4 Å². The maximum Gasteiger partial charge on any atom is 0.240 e. The van der Waals surface area contributed by atoms with Crippen molar-refractivity contribution in [2.24, 2.45) is 0 Å². The van der Waals surface area contributed by atoms with Crippen molar-refractivity contribution in [3.63, 3.8) is 0 Å². The van der Waals surface area contributed by atoms with Gasteiger partial charge in [0, 0.05) is 5.69 Å². The van der Waals surface area contributed by atoms with Gasteiger partial charge < -0.3 is 10.1 Å². The van der Waals surface area contributed by atoms with E-state index in [0.717, 1.165) is 11.1 Å². The van der Waals surface area contributed by atoms with Crippen molar-refractivity contribution in [3.05, 3.63) is 68.3 Å². The largest absolute Gasteiger partial charge is 0.437 e. The molecule has 0 unspecified atom stereocenters. The highest BCUT2D eigenvalue weighted by atomic mass is 79.9. The predicted molar refractivity (Wildman–Crippen MR) is 110 cm³/mol. The minimum absolute atomic E-state index is 0.185. The molecule has 0 saturated carbocycles. The summed E-state index contributed by atoms with van der Waals surface area (Å²) in [5.74, 6) is 1.09. The lowest BCUT2D eigenvalue weighted by Gasteiger charge is -2.14. The molecule has 1 heterocycles. The number of nitrogens with one attached hydrogen (secondary N) is 1. The lowest BCUT2D eigenvalue weighted by atomic mass is 10.1. The molecule has 0 atom stereocenters. The Hall–Kier alpha value is -3.13. The van der Waals surface area contributed by atoms with Crippen LogP contribution in [-0.4, -0.2) is 9.97 Å². The van der Waals surface area contributed by atoms with Crippen LogP contribution in [0.4, 0.5) is 11.6 Å². The fraction of sp³-hybridized carbons (Fsp3) is 0.100. The third-order valence-electron chi connectivity index (χ3n) is 3.84. The quantitative estimate of drug-likeness (QED) is 0.498. The first-order valence-electron chi connectivity index (χ1n) is 8.10. The summed E-state index contributed by atoms with van der Waals surface area (Å²) in [5, 5.41) is 21.2. The zero-order valence-electron chi connectivity index (χ0n) is 14.9. The lowest BCUT2D eigenvalue weighted by Crippen LogP contribution is -2.02. The van der Waals surface area contributed by atoms with Crippen molar-refractivity contribution in [3.8, 4) is 23.8 Å². The summed E-state index contributed by atoms with van der Waals surface area (Å²) < 4.78 is 6.41. The van der Waals surface area contributed by atoms with Gasteiger partial charge in [0.2, 0.25) is 11.8 Å². The van der Waals surface area contributed by atoms with Crippen LogP contribution in [0.15, 0.2) is 40.9 Å². The highest BCUT2D eigenvalue weighted by molar-refractivity contribution is 9.10. The molecule has 0 bridgehead atoms. The van der Waals surface area contributed by atoms with E-state index in [-0.39, 0.29) is 17.0 Å². The second-order valence-electron chi connectivity index (χ2n) is 5.92. The smallest absolute Gasteiger partial charge is 0.240 e. The van der Waals surface area contributed by atoms with E-state index in [9.17, 15) is 0 Å². The SMILES string of the molecule is Cc1cc(C#N)cc(C)c1O[13c]1nc(Nc2ccc(C#N)cc2)n[13c](Cl)[13c]1Br. The molecule has 8 heteroatoms. The van der Waals surface area contributed by atoms with E-state index in [1.165, 1.54) is 0 Å². The Morgan fingerprint density at radius 3 is 2.18 bits per heavy atom. The van der Waals surface area contributed by atoms with Crippen molar-refractivity contribution in [2.45, 2.75) is 13.8 Å². The topological polar surface area (TPSA) is 94.6 Å². The summed E-state index contributed by atoms with van der Waals surface area (Å²) in [6, 6.07) is 14.5.